The van der Waals surface area contributed by atoms with E-state index in [0.29, 0.717) is 52.5 Å². The fourth-order valence-electron chi connectivity index (χ4n) is 4.59. The molecule has 39 heavy (non-hydrogen) atoms. The Hall–Kier alpha value is -4.02. The topological polar surface area (TPSA) is 106 Å². The Morgan fingerprint density at radius 1 is 1.28 bits per heavy atom. The first kappa shape index (κ1) is 26.6. The van der Waals surface area contributed by atoms with Gasteiger partial charge < -0.3 is 25.0 Å². The average molecular weight is 552 g/mol. The largest absolute Gasteiger partial charge is 0.445 e. The minimum atomic E-state index is -2.40. The van der Waals surface area contributed by atoms with E-state index in [9.17, 15) is 14.0 Å². The van der Waals surface area contributed by atoms with Crippen LogP contribution in [0.3, 0.4) is 0 Å². The van der Waals surface area contributed by atoms with Crippen LogP contribution in [0.1, 0.15) is 39.3 Å². The third-order valence-corrected chi connectivity index (χ3v) is 6.84. The number of rotatable bonds is 9. The number of nitrogens with one attached hydrogen (secondary N) is 2. The van der Waals surface area contributed by atoms with Crippen LogP contribution in [-0.2, 0) is 11.3 Å². The Labute approximate surface area is 230 Å². The molecule has 0 aliphatic carbocycles. The van der Waals surface area contributed by atoms with Crippen LogP contribution in [0.25, 0.3) is 11.1 Å². The number of fused-ring (bicyclic) bond motifs is 1. The van der Waals surface area contributed by atoms with Gasteiger partial charge in [0, 0.05) is 49.4 Å². The molecular formula is C28H27ClFN5O4. The van der Waals surface area contributed by atoms with E-state index in [4.69, 9.17) is 21.1 Å². The second-order valence-electron chi connectivity index (χ2n) is 9.30. The molecule has 1 unspecified atom stereocenters. The number of aromatic nitrogens is 2. The summed E-state index contributed by atoms with van der Waals surface area (Å²) in [6, 6.07) is 9.69. The third-order valence-electron chi connectivity index (χ3n) is 6.61. The number of ether oxygens (including phenoxy) is 2. The van der Waals surface area contributed by atoms with Crippen LogP contribution in [0.5, 0.6) is 5.75 Å². The van der Waals surface area contributed by atoms with Gasteiger partial charge in [-0.25, -0.2) is 4.98 Å². The number of methoxy groups -OCH3 is 1. The lowest BCUT2D eigenvalue weighted by molar-refractivity contribution is 0.0244. The quantitative estimate of drug-likeness (QED) is 0.294. The molecule has 9 nitrogen and oxygen atoms in total. The van der Waals surface area contributed by atoms with Gasteiger partial charge in [0.2, 0.25) is 0 Å². The molecule has 0 radical (unpaired) electrons. The van der Waals surface area contributed by atoms with Crippen LogP contribution in [-0.4, -0.2) is 53.4 Å². The standard InChI is InChI=1S/C28H27ClFN5O4/c1-3-9-28(29,30)39-20-6-4-19(5-7-20)34-26(36)18-12-22(17-11-23-24(31-13-17)15-33-27(23)37)25(32-14-18)35-10-8-21(16-35)38-2/h3-7,11-14,21H,1,8-10,15-16H2,2H3,(H,33,37)(H,34,36)/t21-,28?/m1/s1. The molecule has 202 valence electrons. The zero-order valence-electron chi connectivity index (χ0n) is 21.2. The van der Waals surface area contributed by atoms with Crippen molar-refractivity contribution >= 4 is 34.9 Å². The number of halogens is 2. The van der Waals surface area contributed by atoms with Crippen molar-refractivity contribution in [3.63, 3.8) is 0 Å². The Morgan fingerprint density at radius 3 is 2.79 bits per heavy atom. The van der Waals surface area contributed by atoms with Gasteiger partial charge >= 0.3 is 5.31 Å². The van der Waals surface area contributed by atoms with E-state index < -0.39 is 11.2 Å². The lowest BCUT2D eigenvalue weighted by Gasteiger charge is -2.21. The second-order valence-corrected chi connectivity index (χ2v) is 9.86. The molecule has 1 fully saturated rings. The number of carbonyl (C=O) groups is 2. The Kier molecular flexibility index (Phi) is 7.49. The van der Waals surface area contributed by atoms with E-state index in [0.717, 1.165) is 13.0 Å². The highest BCUT2D eigenvalue weighted by atomic mass is 35.5. The third kappa shape index (κ3) is 5.86. The van der Waals surface area contributed by atoms with Crippen molar-refractivity contribution in [1.82, 2.24) is 15.3 Å². The predicted octanol–water partition coefficient (Wildman–Crippen LogP) is 4.68. The van der Waals surface area contributed by atoms with Gasteiger partial charge in [-0.15, -0.1) is 6.58 Å². The Morgan fingerprint density at radius 2 is 2.08 bits per heavy atom. The van der Waals surface area contributed by atoms with Crippen LogP contribution in [0.15, 0.2) is 61.4 Å². The second kappa shape index (κ2) is 11.0. The molecule has 3 aromatic rings. The fourth-order valence-corrected chi connectivity index (χ4v) is 4.79. The molecule has 2 aromatic heterocycles. The van der Waals surface area contributed by atoms with Gasteiger partial charge in [-0.3, -0.25) is 14.6 Å². The molecule has 1 saturated heterocycles. The Bertz CT molecular complexity index is 1420. The first-order chi connectivity index (χ1) is 18.8. The number of benzene rings is 1. The minimum Gasteiger partial charge on any atom is -0.445 e. The molecule has 0 spiro atoms. The summed E-state index contributed by atoms with van der Waals surface area (Å²) in [5, 5.41) is 3.19. The van der Waals surface area contributed by atoms with Crippen LogP contribution in [0, 0.1) is 0 Å². The van der Waals surface area contributed by atoms with Crippen molar-refractivity contribution < 1.29 is 23.5 Å². The molecule has 0 bridgehead atoms. The van der Waals surface area contributed by atoms with E-state index in [-0.39, 0.29) is 24.2 Å². The van der Waals surface area contributed by atoms with Crippen LogP contribution >= 0.6 is 11.6 Å². The zero-order valence-corrected chi connectivity index (χ0v) is 22.0. The lowest BCUT2D eigenvalue weighted by atomic mass is 10.0. The zero-order chi connectivity index (χ0) is 27.6. The molecule has 2 aliphatic heterocycles. The predicted molar refractivity (Wildman–Crippen MR) is 146 cm³/mol. The number of pyridine rings is 2. The van der Waals surface area contributed by atoms with E-state index in [1.165, 1.54) is 24.4 Å². The molecule has 5 rings (SSSR count). The van der Waals surface area contributed by atoms with Gasteiger partial charge in [0.1, 0.15) is 11.6 Å². The highest BCUT2D eigenvalue weighted by Gasteiger charge is 2.28. The number of hydrogen-bond donors (Lipinski definition) is 2. The van der Waals surface area contributed by atoms with E-state index in [2.05, 4.69) is 32.1 Å². The summed E-state index contributed by atoms with van der Waals surface area (Å²) in [6.45, 7) is 5.24. The molecule has 2 amide bonds. The highest BCUT2D eigenvalue weighted by Crippen LogP contribution is 2.34. The maximum absolute atomic E-state index is 14.1. The van der Waals surface area contributed by atoms with Crippen molar-refractivity contribution in [2.45, 2.75) is 30.8 Å². The SMILES string of the molecule is C=CCC(F)(Cl)Oc1ccc(NC(=O)c2cnc(N3CC[C@@H](OC)C3)c(-c3cnc4c(c3)C(=O)NC4)c2)cc1. The lowest BCUT2D eigenvalue weighted by Crippen LogP contribution is -2.24. The van der Waals surface area contributed by atoms with Crippen molar-refractivity contribution in [3.8, 4) is 16.9 Å². The van der Waals surface area contributed by atoms with Gasteiger partial charge in [0.05, 0.1) is 35.9 Å². The number of carbonyl (C=O) groups excluding carboxylic acids is 2. The molecular weight excluding hydrogens is 525 g/mol. The normalized spacial score (nSPS) is 17.8. The number of alkyl halides is 2. The summed E-state index contributed by atoms with van der Waals surface area (Å²) in [5.41, 5.74) is 3.34. The number of anilines is 2. The molecule has 1 aromatic carbocycles. The van der Waals surface area contributed by atoms with Crippen molar-refractivity contribution in [2.75, 3.05) is 30.4 Å². The fraction of sp³-hybridized carbons (Fsp3) is 0.286. The van der Waals surface area contributed by atoms with E-state index in [1.54, 1.807) is 37.6 Å². The number of amides is 2. The summed E-state index contributed by atoms with van der Waals surface area (Å²) < 4.78 is 24.8. The monoisotopic (exact) mass is 551 g/mol. The van der Waals surface area contributed by atoms with Gasteiger partial charge in [0.25, 0.3) is 11.8 Å². The van der Waals surface area contributed by atoms with Gasteiger partial charge in [-0.05, 0) is 54.4 Å². The number of hydrogen-bond acceptors (Lipinski definition) is 7. The molecule has 11 heteroatoms. The molecule has 2 N–H and O–H groups in total. The maximum Gasteiger partial charge on any atom is 0.330 e. The molecule has 2 aliphatic rings. The summed E-state index contributed by atoms with van der Waals surface area (Å²) in [7, 11) is 1.68. The number of nitrogens with zero attached hydrogens (tertiary/aromatic N) is 3. The molecule has 0 saturated carbocycles. The van der Waals surface area contributed by atoms with Gasteiger partial charge in [0.15, 0.2) is 0 Å². The summed E-state index contributed by atoms with van der Waals surface area (Å²) in [5.74, 6) is 0.312. The smallest absolute Gasteiger partial charge is 0.330 e. The van der Waals surface area contributed by atoms with Gasteiger partial charge in [-0.2, -0.15) is 4.39 Å². The van der Waals surface area contributed by atoms with Crippen molar-refractivity contribution in [3.05, 3.63) is 78.3 Å². The Balaban J connectivity index is 1.41. The maximum atomic E-state index is 14.1. The molecule has 2 atom stereocenters. The molecule has 4 heterocycles. The average Bonchev–Trinajstić information content (AvgIpc) is 3.56. The van der Waals surface area contributed by atoms with Crippen LogP contribution in [0.4, 0.5) is 15.9 Å². The highest BCUT2D eigenvalue weighted by molar-refractivity contribution is 6.22. The minimum absolute atomic E-state index is 0.0802. The van der Waals surface area contributed by atoms with E-state index >= 15 is 0 Å². The van der Waals surface area contributed by atoms with Crippen molar-refractivity contribution in [2.24, 2.45) is 0 Å². The van der Waals surface area contributed by atoms with Crippen LogP contribution < -0.4 is 20.3 Å². The van der Waals surface area contributed by atoms with Crippen molar-refractivity contribution in [1.29, 1.82) is 0 Å². The summed E-state index contributed by atoms with van der Waals surface area (Å²) in [4.78, 5) is 36.7. The summed E-state index contributed by atoms with van der Waals surface area (Å²) in [6.07, 6.45) is 5.27. The van der Waals surface area contributed by atoms with Gasteiger partial charge in [-0.1, -0.05) is 6.08 Å². The first-order valence-corrected chi connectivity index (χ1v) is 12.8. The first-order valence-electron chi connectivity index (χ1n) is 12.4. The van der Waals surface area contributed by atoms with Crippen LogP contribution in [0.2, 0.25) is 0 Å². The van der Waals surface area contributed by atoms with E-state index in [1.807, 2.05) is 0 Å². The summed E-state index contributed by atoms with van der Waals surface area (Å²) >= 11 is 5.68.